The maximum absolute atomic E-state index is 9.40. The van der Waals surface area contributed by atoms with Crippen LogP contribution in [0.4, 0.5) is 0 Å². The molecular weight excluding hydrogens is 194 g/mol. The van der Waals surface area contributed by atoms with Crippen LogP contribution in [0.2, 0.25) is 0 Å². The van der Waals surface area contributed by atoms with Gasteiger partial charge in [-0.1, -0.05) is 24.4 Å². The summed E-state index contributed by atoms with van der Waals surface area (Å²) in [6.07, 6.45) is 5.15. The van der Waals surface area contributed by atoms with Crippen molar-refractivity contribution in [2.24, 2.45) is 11.0 Å². The standard InChI is InChI=1S/C10H19N3O2/c11-13-12-10-5-3-1-2-4-8(10)6-9(15)7-14/h8-10,14-15H,1-7H2/t8-,9+,10-/m0/s1. The molecule has 1 aliphatic rings. The number of rotatable bonds is 4. The lowest BCUT2D eigenvalue weighted by molar-refractivity contribution is 0.0690. The van der Waals surface area contributed by atoms with Crippen LogP contribution in [0.1, 0.15) is 38.5 Å². The SMILES string of the molecule is [N-]=[N+]=N[C@H]1CCCCC[C@H]1C[C@@H](O)CO. The van der Waals surface area contributed by atoms with E-state index in [1.807, 2.05) is 0 Å². The number of aliphatic hydroxyl groups is 2. The molecule has 0 aromatic heterocycles. The molecule has 0 aromatic rings. The van der Waals surface area contributed by atoms with Crippen LogP contribution in [0.3, 0.4) is 0 Å². The van der Waals surface area contributed by atoms with Gasteiger partial charge >= 0.3 is 0 Å². The van der Waals surface area contributed by atoms with Crippen molar-refractivity contribution in [2.45, 2.75) is 50.7 Å². The zero-order valence-electron chi connectivity index (χ0n) is 8.92. The lowest BCUT2D eigenvalue weighted by atomic mass is 9.90. The van der Waals surface area contributed by atoms with Crippen LogP contribution in [0.25, 0.3) is 10.4 Å². The molecule has 5 heteroatoms. The predicted molar refractivity (Wildman–Crippen MR) is 57.2 cm³/mol. The highest BCUT2D eigenvalue weighted by Crippen LogP contribution is 2.29. The Kier molecular flexibility index (Phi) is 5.47. The van der Waals surface area contributed by atoms with Crippen molar-refractivity contribution in [3.63, 3.8) is 0 Å². The minimum Gasteiger partial charge on any atom is -0.394 e. The number of hydrogen-bond donors (Lipinski definition) is 2. The third-order valence-electron chi connectivity index (χ3n) is 3.10. The molecule has 2 N–H and O–H groups in total. The second-order valence-corrected chi connectivity index (χ2v) is 4.24. The first-order chi connectivity index (χ1) is 7.27. The minimum absolute atomic E-state index is 0.00120. The topological polar surface area (TPSA) is 89.2 Å². The monoisotopic (exact) mass is 213 g/mol. The summed E-state index contributed by atoms with van der Waals surface area (Å²) in [6, 6.07) is -0.00120. The van der Waals surface area contributed by atoms with E-state index in [1.165, 1.54) is 6.42 Å². The van der Waals surface area contributed by atoms with Gasteiger partial charge in [-0.15, -0.1) is 0 Å². The summed E-state index contributed by atoms with van der Waals surface area (Å²) in [7, 11) is 0. The van der Waals surface area contributed by atoms with E-state index in [-0.39, 0.29) is 18.6 Å². The Balaban J connectivity index is 2.57. The average molecular weight is 213 g/mol. The van der Waals surface area contributed by atoms with E-state index in [1.54, 1.807) is 0 Å². The molecule has 0 bridgehead atoms. The van der Waals surface area contributed by atoms with E-state index >= 15 is 0 Å². The van der Waals surface area contributed by atoms with Crippen LogP contribution in [0.15, 0.2) is 5.11 Å². The number of hydrogen-bond acceptors (Lipinski definition) is 3. The van der Waals surface area contributed by atoms with Crippen LogP contribution < -0.4 is 0 Å². The summed E-state index contributed by atoms with van der Waals surface area (Å²) in [5.41, 5.74) is 8.47. The molecule has 86 valence electrons. The van der Waals surface area contributed by atoms with Gasteiger partial charge in [-0.25, -0.2) is 0 Å². The van der Waals surface area contributed by atoms with Crippen LogP contribution in [-0.4, -0.2) is 29.0 Å². The van der Waals surface area contributed by atoms with Gasteiger partial charge in [0, 0.05) is 11.0 Å². The number of aliphatic hydroxyl groups excluding tert-OH is 2. The van der Waals surface area contributed by atoms with E-state index < -0.39 is 6.10 Å². The molecule has 0 amide bonds. The lowest BCUT2D eigenvalue weighted by Gasteiger charge is -2.22. The molecule has 0 unspecified atom stereocenters. The van der Waals surface area contributed by atoms with Gasteiger partial charge in [-0.05, 0) is 30.7 Å². The summed E-state index contributed by atoms with van der Waals surface area (Å²) >= 11 is 0. The number of nitrogens with zero attached hydrogens (tertiary/aromatic N) is 3. The second-order valence-electron chi connectivity index (χ2n) is 4.24. The van der Waals surface area contributed by atoms with Crippen molar-refractivity contribution < 1.29 is 10.2 Å². The Morgan fingerprint density at radius 1 is 1.33 bits per heavy atom. The third kappa shape index (κ3) is 4.08. The molecule has 5 nitrogen and oxygen atoms in total. The number of azide groups is 1. The summed E-state index contributed by atoms with van der Waals surface area (Å²) in [4.78, 5) is 2.87. The minimum atomic E-state index is -0.676. The van der Waals surface area contributed by atoms with Crippen LogP contribution in [-0.2, 0) is 0 Å². The maximum Gasteiger partial charge on any atom is 0.0773 e. The van der Waals surface area contributed by atoms with E-state index in [0.29, 0.717) is 6.42 Å². The van der Waals surface area contributed by atoms with Gasteiger partial charge in [0.1, 0.15) is 0 Å². The molecule has 15 heavy (non-hydrogen) atoms. The first-order valence-electron chi connectivity index (χ1n) is 5.61. The van der Waals surface area contributed by atoms with E-state index in [4.69, 9.17) is 10.6 Å². The molecule has 1 saturated carbocycles. The fourth-order valence-corrected chi connectivity index (χ4v) is 2.28. The molecule has 0 aliphatic heterocycles. The van der Waals surface area contributed by atoms with Gasteiger partial charge in [0.25, 0.3) is 0 Å². The Morgan fingerprint density at radius 3 is 2.73 bits per heavy atom. The fourth-order valence-electron chi connectivity index (χ4n) is 2.28. The summed E-state index contributed by atoms with van der Waals surface area (Å²) < 4.78 is 0. The molecular formula is C10H19N3O2. The molecule has 1 fully saturated rings. The van der Waals surface area contributed by atoms with Crippen molar-refractivity contribution >= 4 is 0 Å². The Bertz CT molecular complexity index is 229. The van der Waals surface area contributed by atoms with Gasteiger partial charge in [0.05, 0.1) is 12.7 Å². The molecule has 1 rings (SSSR count). The van der Waals surface area contributed by atoms with Gasteiger partial charge in [0.2, 0.25) is 0 Å². The summed E-state index contributed by atoms with van der Waals surface area (Å²) in [5.74, 6) is 0.227. The fraction of sp³-hybridized carbons (Fsp3) is 1.00. The van der Waals surface area contributed by atoms with Crippen molar-refractivity contribution in [1.82, 2.24) is 0 Å². The smallest absolute Gasteiger partial charge is 0.0773 e. The highest BCUT2D eigenvalue weighted by Gasteiger charge is 2.24. The second kappa shape index (κ2) is 6.67. The highest BCUT2D eigenvalue weighted by molar-refractivity contribution is 4.81. The molecule has 0 radical (unpaired) electrons. The Hall–Kier alpha value is -0.770. The van der Waals surface area contributed by atoms with Crippen molar-refractivity contribution in [3.8, 4) is 0 Å². The maximum atomic E-state index is 9.40. The van der Waals surface area contributed by atoms with Crippen molar-refractivity contribution in [3.05, 3.63) is 10.4 Å². The van der Waals surface area contributed by atoms with Crippen molar-refractivity contribution in [2.75, 3.05) is 6.61 Å². The van der Waals surface area contributed by atoms with Crippen LogP contribution in [0, 0.1) is 5.92 Å². The quantitative estimate of drug-likeness (QED) is 0.323. The molecule has 1 aliphatic carbocycles. The Labute approximate surface area is 89.7 Å². The molecule has 0 aromatic carbocycles. The van der Waals surface area contributed by atoms with Crippen molar-refractivity contribution in [1.29, 1.82) is 0 Å². The van der Waals surface area contributed by atoms with E-state index in [0.717, 1.165) is 25.7 Å². The van der Waals surface area contributed by atoms with Crippen LogP contribution >= 0.6 is 0 Å². The van der Waals surface area contributed by atoms with Gasteiger partial charge in [-0.3, -0.25) is 0 Å². The van der Waals surface area contributed by atoms with E-state index in [9.17, 15) is 5.11 Å². The third-order valence-corrected chi connectivity index (χ3v) is 3.10. The predicted octanol–water partition coefficient (Wildman–Crippen LogP) is 1.99. The zero-order chi connectivity index (χ0) is 11.1. The molecule has 3 atom stereocenters. The molecule has 0 spiro atoms. The van der Waals surface area contributed by atoms with Crippen LogP contribution in [0.5, 0.6) is 0 Å². The normalized spacial score (nSPS) is 28.9. The first kappa shape index (κ1) is 12.3. The molecule has 0 saturated heterocycles. The first-order valence-corrected chi connectivity index (χ1v) is 5.61. The largest absolute Gasteiger partial charge is 0.394 e. The van der Waals surface area contributed by atoms with Gasteiger partial charge in [-0.2, -0.15) is 0 Å². The zero-order valence-corrected chi connectivity index (χ0v) is 8.92. The van der Waals surface area contributed by atoms with Gasteiger partial charge < -0.3 is 10.2 Å². The summed E-state index contributed by atoms with van der Waals surface area (Å²) in [5, 5.41) is 22.0. The summed E-state index contributed by atoms with van der Waals surface area (Å²) in [6.45, 7) is -0.209. The lowest BCUT2D eigenvalue weighted by Crippen LogP contribution is -2.24. The van der Waals surface area contributed by atoms with E-state index in [2.05, 4.69) is 10.0 Å². The highest BCUT2D eigenvalue weighted by atomic mass is 16.3. The Morgan fingerprint density at radius 2 is 2.07 bits per heavy atom. The average Bonchev–Trinajstić information content (AvgIpc) is 2.45. The molecule has 0 heterocycles. The van der Waals surface area contributed by atoms with Gasteiger partial charge in [0.15, 0.2) is 0 Å².